The quantitative estimate of drug-likeness (QED) is 0.654. The number of benzene rings is 1. The first-order valence-corrected chi connectivity index (χ1v) is 10.5. The molecule has 0 fully saturated rings. The van der Waals surface area contributed by atoms with Gasteiger partial charge in [0.05, 0.1) is 9.89 Å². The van der Waals surface area contributed by atoms with Gasteiger partial charge in [-0.15, -0.1) is 11.3 Å². The van der Waals surface area contributed by atoms with E-state index in [1.165, 1.54) is 16.9 Å². The van der Waals surface area contributed by atoms with Gasteiger partial charge in [-0.25, -0.2) is 13.1 Å². The molecule has 23 heavy (non-hydrogen) atoms. The van der Waals surface area contributed by atoms with Crippen molar-refractivity contribution >= 4 is 37.3 Å². The van der Waals surface area contributed by atoms with Crippen LogP contribution in [0.15, 0.2) is 44.4 Å². The molecular formula is C16H20BrNO3S2. The maximum atomic E-state index is 12.1. The van der Waals surface area contributed by atoms with E-state index in [1.54, 1.807) is 12.1 Å². The van der Waals surface area contributed by atoms with Crippen LogP contribution < -0.4 is 9.46 Å². The van der Waals surface area contributed by atoms with Crippen LogP contribution >= 0.6 is 27.3 Å². The molecule has 0 atom stereocenters. The second kappa shape index (κ2) is 8.28. The highest BCUT2D eigenvalue weighted by molar-refractivity contribution is 9.11. The van der Waals surface area contributed by atoms with Crippen LogP contribution in [0.5, 0.6) is 5.75 Å². The Bertz CT molecular complexity index is 724. The summed E-state index contributed by atoms with van der Waals surface area (Å²) >= 11 is 4.48. The molecule has 0 saturated carbocycles. The molecule has 0 aliphatic heterocycles. The first-order valence-electron chi connectivity index (χ1n) is 7.37. The fraction of sp³-hybridized carbons (Fsp3) is 0.375. The molecule has 1 N–H and O–H groups in total. The maximum Gasteiger partial charge on any atom is 0.250 e. The number of ether oxygens (including phenoxy) is 1. The summed E-state index contributed by atoms with van der Waals surface area (Å²) in [6.07, 6.45) is 1.72. The topological polar surface area (TPSA) is 55.4 Å². The van der Waals surface area contributed by atoms with Crippen molar-refractivity contribution in [3.8, 4) is 5.75 Å². The molecule has 0 bridgehead atoms. The first-order chi connectivity index (χ1) is 10.9. The first kappa shape index (κ1) is 18.4. The highest BCUT2D eigenvalue weighted by atomic mass is 79.9. The zero-order chi connectivity index (χ0) is 16.9. The number of hydrogen-bond acceptors (Lipinski definition) is 4. The second-order valence-corrected chi connectivity index (χ2v) is 9.83. The largest absolute Gasteiger partial charge is 0.491 e. The third-order valence-electron chi connectivity index (χ3n) is 3.04. The van der Waals surface area contributed by atoms with Crippen LogP contribution in [0.2, 0.25) is 0 Å². The number of aryl methyl sites for hydroxylation is 1. The molecule has 126 valence electrons. The van der Waals surface area contributed by atoms with Crippen LogP contribution in [-0.2, 0) is 16.4 Å². The predicted octanol–water partition coefficient (Wildman–Crippen LogP) is 4.21. The fourth-order valence-electron chi connectivity index (χ4n) is 2.02. The van der Waals surface area contributed by atoms with Gasteiger partial charge in [0.15, 0.2) is 0 Å². The summed E-state index contributed by atoms with van der Waals surface area (Å²) in [4.78, 5) is 0. The lowest BCUT2D eigenvalue weighted by molar-refractivity contribution is 0.242. The third kappa shape index (κ3) is 5.91. The molecule has 0 radical (unpaired) electrons. The zero-order valence-electron chi connectivity index (χ0n) is 13.1. The number of hydrogen-bond donors (Lipinski definition) is 1. The summed E-state index contributed by atoms with van der Waals surface area (Å²) in [6, 6.07) is 11.3. The van der Waals surface area contributed by atoms with E-state index in [-0.39, 0.29) is 6.10 Å². The molecule has 0 spiro atoms. The Morgan fingerprint density at radius 1 is 1.17 bits per heavy atom. The average molecular weight is 418 g/mol. The van der Waals surface area contributed by atoms with Gasteiger partial charge in [0.1, 0.15) is 9.96 Å². The molecule has 0 unspecified atom stereocenters. The van der Waals surface area contributed by atoms with E-state index in [4.69, 9.17) is 4.74 Å². The molecule has 0 amide bonds. The van der Waals surface area contributed by atoms with Crippen molar-refractivity contribution < 1.29 is 13.2 Å². The Morgan fingerprint density at radius 2 is 1.87 bits per heavy atom. The minimum atomic E-state index is -3.40. The van der Waals surface area contributed by atoms with Crippen molar-refractivity contribution in [2.75, 3.05) is 6.54 Å². The number of nitrogens with one attached hydrogen (secondary N) is 1. The number of rotatable bonds is 8. The smallest absolute Gasteiger partial charge is 0.250 e. The number of thiophene rings is 1. The number of sulfonamides is 1. The molecule has 2 rings (SSSR count). The van der Waals surface area contributed by atoms with Crippen LogP contribution in [0.4, 0.5) is 0 Å². The van der Waals surface area contributed by atoms with Crippen LogP contribution in [0.25, 0.3) is 0 Å². The highest BCUT2D eigenvalue weighted by Gasteiger charge is 2.15. The van der Waals surface area contributed by atoms with Gasteiger partial charge in [-0.2, -0.15) is 0 Å². The van der Waals surface area contributed by atoms with Crippen LogP contribution in [0.3, 0.4) is 0 Å². The van der Waals surface area contributed by atoms with Crippen molar-refractivity contribution in [3.63, 3.8) is 0 Å². The van der Waals surface area contributed by atoms with Crippen LogP contribution in [-0.4, -0.2) is 21.1 Å². The molecule has 4 nitrogen and oxygen atoms in total. The van der Waals surface area contributed by atoms with Crippen LogP contribution in [0.1, 0.15) is 25.8 Å². The van der Waals surface area contributed by atoms with E-state index in [1.807, 2.05) is 38.1 Å². The van der Waals surface area contributed by atoms with Gasteiger partial charge in [-0.1, -0.05) is 12.1 Å². The van der Waals surface area contributed by atoms with Gasteiger partial charge >= 0.3 is 0 Å². The average Bonchev–Trinajstić information content (AvgIpc) is 2.92. The SMILES string of the molecule is CC(C)Oc1ccc(CCCNS(=O)(=O)c2ccc(Br)s2)cc1. The minimum Gasteiger partial charge on any atom is -0.491 e. The van der Waals surface area contributed by atoms with E-state index in [0.717, 1.165) is 22.4 Å². The van der Waals surface area contributed by atoms with Gasteiger partial charge in [-0.05, 0) is 72.4 Å². The molecular weight excluding hydrogens is 398 g/mol. The Balaban J connectivity index is 1.79. The van der Waals surface area contributed by atoms with Gasteiger partial charge in [0.2, 0.25) is 10.0 Å². The van der Waals surface area contributed by atoms with Crippen molar-refractivity contribution in [2.24, 2.45) is 0 Å². The molecule has 1 heterocycles. The zero-order valence-corrected chi connectivity index (χ0v) is 16.3. The van der Waals surface area contributed by atoms with Gasteiger partial charge < -0.3 is 4.74 Å². The monoisotopic (exact) mass is 417 g/mol. The van der Waals surface area contributed by atoms with Gasteiger partial charge in [0, 0.05) is 6.54 Å². The Labute approximate surface area is 150 Å². The normalized spacial score (nSPS) is 11.8. The maximum absolute atomic E-state index is 12.1. The van der Waals surface area contributed by atoms with E-state index in [9.17, 15) is 8.42 Å². The molecule has 0 aliphatic carbocycles. The number of halogens is 1. The lowest BCUT2D eigenvalue weighted by Gasteiger charge is -2.10. The Hall–Kier alpha value is -0.890. The molecule has 0 aliphatic rings. The Morgan fingerprint density at radius 3 is 2.43 bits per heavy atom. The van der Waals surface area contributed by atoms with Gasteiger partial charge in [0.25, 0.3) is 0 Å². The third-order valence-corrected chi connectivity index (χ3v) is 6.62. The molecule has 7 heteroatoms. The summed E-state index contributed by atoms with van der Waals surface area (Å²) in [5, 5.41) is 0. The lowest BCUT2D eigenvalue weighted by atomic mass is 10.1. The summed E-state index contributed by atoms with van der Waals surface area (Å²) < 4.78 is 33.5. The van der Waals surface area contributed by atoms with Crippen molar-refractivity contribution in [1.82, 2.24) is 4.72 Å². The standard InChI is InChI=1S/C16H20BrNO3S2/c1-12(2)21-14-7-5-13(6-8-14)4-3-11-18-23(19,20)16-10-9-15(17)22-16/h5-10,12,18H,3-4,11H2,1-2H3. The second-order valence-electron chi connectivity index (χ2n) is 5.37. The highest BCUT2D eigenvalue weighted by Crippen LogP contribution is 2.25. The van der Waals surface area contributed by atoms with Gasteiger partial charge in [-0.3, -0.25) is 0 Å². The summed E-state index contributed by atoms with van der Waals surface area (Å²) in [5.41, 5.74) is 1.17. The van der Waals surface area contributed by atoms with Crippen molar-refractivity contribution in [3.05, 3.63) is 45.7 Å². The summed E-state index contributed by atoms with van der Waals surface area (Å²) in [6.45, 7) is 4.40. The Kier molecular flexibility index (Phi) is 6.64. The summed E-state index contributed by atoms with van der Waals surface area (Å²) in [7, 11) is -3.40. The molecule has 2 aromatic rings. The molecule has 1 aromatic heterocycles. The minimum absolute atomic E-state index is 0.160. The van der Waals surface area contributed by atoms with Crippen LogP contribution in [0, 0.1) is 0 Å². The van der Waals surface area contributed by atoms with E-state index < -0.39 is 10.0 Å². The predicted molar refractivity (Wildman–Crippen MR) is 97.7 cm³/mol. The van der Waals surface area contributed by atoms with E-state index in [2.05, 4.69) is 20.7 Å². The summed E-state index contributed by atoms with van der Waals surface area (Å²) in [5.74, 6) is 0.854. The van der Waals surface area contributed by atoms with Crippen molar-refractivity contribution in [1.29, 1.82) is 0 Å². The molecule has 1 aromatic carbocycles. The fourth-order valence-corrected chi connectivity index (χ4v) is 5.15. The lowest BCUT2D eigenvalue weighted by Crippen LogP contribution is -2.24. The van der Waals surface area contributed by atoms with E-state index >= 15 is 0 Å². The molecule has 0 saturated heterocycles. The van der Waals surface area contributed by atoms with Crippen molar-refractivity contribution in [2.45, 2.75) is 37.0 Å². The van der Waals surface area contributed by atoms with E-state index in [0.29, 0.717) is 10.8 Å².